The van der Waals surface area contributed by atoms with E-state index in [9.17, 15) is 0 Å². The molecule has 2 nitrogen and oxygen atoms in total. The highest BCUT2D eigenvalue weighted by Crippen LogP contribution is 2.28. The van der Waals surface area contributed by atoms with E-state index in [1.807, 2.05) is 22.7 Å². The summed E-state index contributed by atoms with van der Waals surface area (Å²) in [4.78, 5) is 5.07. The van der Waals surface area contributed by atoms with Crippen molar-refractivity contribution < 1.29 is 0 Å². The summed E-state index contributed by atoms with van der Waals surface area (Å²) in [7, 11) is 4.26. The van der Waals surface area contributed by atoms with E-state index in [-0.39, 0.29) is 0 Å². The Kier molecular flexibility index (Phi) is 6.04. The molecule has 1 N–H and O–H groups in total. The minimum absolute atomic E-state index is 0.374. The Morgan fingerprint density at radius 3 is 2.16 bits per heavy atom. The average molecular weight is 294 g/mol. The van der Waals surface area contributed by atoms with Gasteiger partial charge in [-0.3, -0.25) is 0 Å². The van der Waals surface area contributed by atoms with Crippen LogP contribution in [0.4, 0.5) is 0 Å². The lowest BCUT2D eigenvalue weighted by Gasteiger charge is -2.16. The smallest absolute Gasteiger partial charge is 0.0764 e. The lowest BCUT2D eigenvalue weighted by molar-refractivity contribution is 0.390. The van der Waals surface area contributed by atoms with Crippen molar-refractivity contribution in [2.75, 3.05) is 27.2 Å². The molecule has 0 aromatic carbocycles. The van der Waals surface area contributed by atoms with Gasteiger partial charge in [0.25, 0.3) is 0 Å². The second-order valence-corrected chi connectivity index (χ2v) is 6.89. The van der Waals surface area contributed by atoms with Crippen LogP contribution in [0.15, 0.2) is 35.0 Å². The molecule has 0 fully saturated rings. The summed E-state index contributed by atoms with van der Waals surface area (Å²) in [6.45, 7) is 2.25. The Morgan fingerprint density at radius 1 is 1.05 bits per heavy atom. The zero-order valence-electron chi connectivity index (χ0n) is 11.6. The van der Waals surface area contributed by atoms with Crippen molar-refractivity contribution in [1.82, 2.24) is 10.2 Å². The Bertz CT molecular complexity index is 400. The van der Waals surface area contributed by atoms with Crippen molar-refractivity contribution in [2.24, 2.45) is 0 Å². The van der Waals surface area contributed by atoms with Crippen LogP contribution in [0.5, 0.6) is 0 Å². The fraction of sp³-hybridized carbons (Fsp3) is 0.467. The molecule has 0 amide bonds. The molecule has 2 aromatic heterocycles. The summed E-state index contributed by atoms with van der Waals surface area (Å²) in [6.07, 6.45) is 2.48. The molecule has 2 rings (SSSR count). The molecule has 0 atom stereocenters. The fourth-order valence-electron chi connectivity index (χ4n) is 2.05. The standard InChI is InChI=1S/C15H22N2S2/c1-17(2)10-4-3-9-16-15(13-7-5-11-18-13)14-8-6-12-19-14/h5-8,11-12,15-16H,3-4,9-10H2,1-2H3. The van der Waals surface area contributed by atoms with Gasteiger partial charge in [-0.05, 0) is 62.9 Å². The Hall–Kier alpha value is -0.680. The first kappa shape index (κ1) is 14.7. The van der Waals surface area contributed by atoms with Crippen molar-refractivity contribution in [1.29, 1.82) is 0 Å². The normalized spacial score (nSPS) is 11.6. The van der Waals surface area contributed by atoms with Crippen LogP contribution in [0.2, 0.25) is 0 Å². The van der Waals surface area contributed by atoms with Gasteiger partial charge < -0.3 is 10.2 Å². The number of hydrogen-bond acceptors (Lipinski definition) is 4. The Labute approximate surface area is 124 Å². The van der Waals surface area contributed by atoms with Crippen molar-refractivity contribution in [3.8, 4) is 0 Å². The third-order valence-corrected chi connectivity index (χ3v) is 4.91. The lowest BCUT2D eigenvalue weighted by atomic mass is 10.2. The molecule has 19 heavy (non-hydrogen) atoms. The molecule has 0 spiro atoms. The second kappa shape index (κ2) is 7.80. The predicted molar refractivity (Wildman–Crippen MR) is 86.3 cm³/mol. The van der Waals surface area contributed by atoms with Crippen LogP contribution in [0, 0.1) is 0 Å². The van der Waals surface area contributed by atoms with Gasteiger partial charge in [-0.15, -0.1) is 22.7 Å². The molecular formula is C15H22N2S2. The van der Waals surface area contributed by atoms with E-state index in [1.54, 1.807) is 0 Å². The summed E-state index contributed by atoms with van der Waals surface area (Å²) in [6, 6.07) is 9.09. The molecule has 4 heteroatoms. The van der Waals surface area contributed by atoms with E-state index in [0.29, 0.717) is 6.04 Å². The first-order valence-corrected chi connectivity index (χ1v) is 8.48. The van der Waals surface area contributed by atoms with E-state index in [1.165, 1.54) is 29.1 Å². The highest BCUT2D eigenvalue weighted by Gasteiger charge is 2.14. The Morgan fingerprint density at radius 2 is 1.68 bits per heavy atom. The number of thiophene rings is 2. The number of nitrogens with one attached hydrogen (secondary N) is 1. The molecule has 0 unspecified atom stereocenters. The first-order chi connectivity index (χ1) is 9.27. The molecule has 0 saturated carbocycles. The van der Waals surface area contributed by atoms with Crippen LogP contribution in [0.3, 0.4) is 0 Å². The molecule has 104 valence electrons. The SMILES string of the molecule is CN(C)CCCCNC(c1cccs1)c1cccs1. The van der Waals surface area contributed by atoms with Gasteiger partial charge >= 0.3 is 0 Å². The largest absolute Gasteiger partial charge is 0.309 e. The van der Waals surface area contributed by atoms with Gasteiger partial charge in [0.1, 0.15) is 0 Å². The van der Waals surface area contributed by atoms with Gasteiger partial charge in [-0.25, -0.2) is 0 Å². The van der Waals surface area contributed by atoms with Crippen LogP contribution in [-0.4, -0.2) is 32.1 Å². The lowest BCUT2D eigenvalue weighted by Crippen LogP contribution is -2.23. The minimum Gasteiger partial charge on any atom is -0.309 e. The zero-order valence-corrected chi connectivity index (χ0v) is 13.3. The van der Waals surface area contributed by atoms with E-state index in [0.717, 1.165) is 6.54 Å². The molecule has 2 aromatic rings. The maximum absolute atomic E-state index is 3.70. The molecular weight excluding hydrogens is 272 g/mol. The molecule has 0 aliphatic heterocycles. The summed E-state index contributed by atoms with van der Waals surface area (Å²) in [5.74, 6) is 0. The third-order valence-electron chi connectivity index (χ3n) is 3.04. The van der Waals surface area contributed by atoms with Gasteiger partial charge in [0.05, 0.1) is 6.04 Å². The van der Waals surface area contributed by atoms with Crippen LogP contribution in [0.1, 0.15) is 28.6 Å². The van der Waals surface area contributed by atoms with E-state index in [2.05, 4.69) is 59.3 Å². The van der Waals surface area contributed by atoms with Crippen LogP contribution >= 0.6 is 22.7 Å². The van der Waals surface area contributed by atoms with Gasteiger partial charge in [-0.2, -0.15) is 0 Å². The van der Waals surface area contributed by atoms with Crippen LogP contribution in [-0.2, 0) is 0 Å². The monoisotopic (exact) mass is 294 g/mol. The van der Waals surface area contributed by atoms with Crippen LogP contribution in [0.25, 0.3) is 0 Å². The maximum atomic E-state index is 3.70. The van der Waals surface area contributed by atoms with E-state index < -0.39 is 0 Å². The Balaban J connectivity index is 1.86. The summed E-state index contributed by atoms with van der Waals surface area (Å²) in [5, 5.41) is 8.01. The van der Waals surface area contributed by atoms with Crippen molar-refractivity contribution in [3.63, 3.8) is 0 Å². The molecule has 0 saturated heterocycles. The van der Waals surface area contributed by atoms with Gasteiger partial charge in [0.15, 0.2) is 0 Å². The number of hydrogen-bond donors (Lipinski definition) is 1. The first-order valence-electron chi connectivity index (χ1n) is 6.72. The molecule has 0 bridgehead atoms. The molecule has 0 radical (unpaired) electrons. The summed E-state index contributed by atoms with van der Waals surface area (Å²) in [5.41, 5.74) is 0. The van der Waals surface area contributed by atoms with E-state index in [4.69, 9.17) is 0 Å². The van der Waals surface area contributed by atoms with Crippen molar-refractivity contribution >= 4 is 22.7 Å². The number of unbranched alkanes of at least 4 members (excludes halogenated alkanes) is 1. The van der Waals surface area contributed by atoms with Crippen LogP contribution < -0.4 is 5.32 Å². The molecule has 0 aliphatic rings. The number of nitrogens with zero attached hydrogens (tertiary/aromatic N) is 1. The van der Waals surface area contributed by atoms with Gasteiger partial charge in [0, 0.05) is 9.75 Å². The summed E-state index contributed by atoms with van der Waals surface area (Å²) < 4.78 is 0. The van der Waals surface area contributed by atoms with E-state index >= 15 is 0 Å². The molecule has 2 heterocycles. The quantitative estimate of drug-likeness (QED) is 0.744. The fourth-order valence-corrected chi connectivity index (χ4v) is 3.76. The van der Waals surface area contributed by atoms with Crippen molar-refractivity contribution in [3.05, 3.63) is 44.8 Å². The van der Waals surface area contributed by atoms with Gasteiger partial charge in [-0.1, -0.05) is 12.1 Å². The minimum atomic E-state index is 0.374. The highest BCUT2D eigenvalue weighted by molar-refractivity contribution is 7.11. The topological polar surface area (TPSA) is 15.3 Å². The number of rotatable bonds is 8. The highest BCUT2D eigenvalue weighted by atomic mass is 32.1. The predicted octanol–water partition coefficient (Wildman–Crippen LogP) is 3.83. The molecule has 0 aliphatic carbocycles. The summed E-state index contributed by atoms with van der Waals surface area (Å²) >= 11 is 3.67. The van der Waals surface area contributed by atoms with Crippen molar-refractivity contribution in [2.45, 2.75) is 18.9 Å². The second-order valence-electron chi connectivity index (χ2n) is 4.93. The maximum Gasteiger partial charge on any atom is 0.0764 e. The van der Waals surface area contributed by atoms with Gasteiger partial charge in [0.2, 0.25) is 0 Å². The average Bonchev–Trinajstić information content (AvgIpc) is 3.06. The zero-order chi connectivity index (χ0) is 13.5. The third kappa shape index (κ3) is 4.73.